The Hall–Kier alpha value is -2.20. The van der Waals surface area contributed by atoms with Gasteiger partial charge in [-0.2, -0.15) is 0 Å². The van der Waals surface area contributed by atoms with Crippen LogP contribution in [0.1, 0.15) is 11.1 Å². The molecule has 2 N–H and O–H groups in total. The lowest BCUT2D eigenvalue weighted by molar-refractivity contribution is 0.627. The van der Waals surface area contributed by atoms with Gasteiger partial charge in [0.2, 0.25) is 0 Å². The Kier molecular flexibility index (Phi) is 3.24. The minimum atomic E-state index is -0.348. The van der Waals surface area contributed by atoms with E-state index in [0.29, 0.717) is 27.8 Å². The molecule has 0 saturated carbocycles. The Labute approximate surface area is 120 Å². The number of nitrogens with zero attached hydrogens (tertiary/aromatic N) is 2. The zero-order valence-corrected chi connectivity index (χ0v) is 11.2. The van der Waals surface area contributed by atoms with Crippen LogP contribution in [-0.4, -0.2) is 18.1 Å². The molecule has 3 nitrogen and oxygen atoms in total. The van der Waals surface area contributed by atoms with Crippen LogP contribution in [0.2, 0.25) is 5.02 Å². The molecule has 2 aromatic carbocycles. The second-order valence-corrected chi connectivity index (χ2v) is 4.82. The van der Waals surface area contributed by atoms with E-state index in [9.17, 15) is 4.39 Å². The Morgan fingerprint density at radius 1 is 1.10 bits per heavy atom. The van der Waals surface area contributed by atoms with Gasteiger partial charge in [0, 0.05) is 16.1 Å². The highest BCUT2D eigenvalue weighted by atomic mass is 35.5. The lowest BCUT2D eigenvalue weighted by atomic mass is 10.0. The maximum absolute atomic E-state index is 13.5. The van der Waals surface area contributed by atoms with Crippen molar-refractivity contribution in [2.45, 2.75) is 0 Å². The second kappa shape index (κ2) is 5.06. The molecule has 0 saturated heterocycles. The van der Waals surface area contributed by atoms with Gasteiger partial charge in [-0.25, -0.2) is 9.38 Å². The number of rotatable bonds is 1. The van der Waals surface area contributed by atoms with Gasteiger partial charge in [0.05, 0.1) is 17.9 Å². The fourth-order valence-corrected chi connectivity index (χ4v) is 2.34. The molecule has 0 aliphatic carbocycles. The minimum Gasteiger partial charge on any atom is -0.386 e. The first kappa shape index (κ1) is 12.8. The van der Waals surface area contributed by atoms with Gasteiger partial charge in [0.1, 0.15) is 11.7 Å². The van der Waals surface area contributed by atoms with Crippen LogP contribution in [-0.2, 0) is 0 Å². The van der Waals surface area contributed by atoms with Crippen LogP contribution in [0.4, 0.5) is 10.1 Å². The van der Waals surface area contributed by atoms with Crippen molar-refractivity contribution in [3.8, 4) is 0 Å². The predicted octanol–water partition coefficient (Wildman–Crippen LogP) is 3.32. The zero-order chi connectivity index (χ0) is 14.1. The second-order valence-electron chi connectivity index (χ2n) is 4.41. The van der Waals surface area contributed by atoms with Crippen molar-refractivity contribution >= 4 is 28.8 Å². The average molecular weight is 288 g/mol. The van der Waals surface area contributed by atoms with E-state index in [1.807, 2.05) is 18.2 Å². The Balaban J connectivity index is 2.24. The molecule has 0 unspecified atom stereocenters. The molecule has 0 bridgehead atoms. The van der Waals surface area contributed by atoms with Gasteiger partial charge in [-0.1, -0.05) is 29.8 Å². The van der Waals surface area contributed by atoms with Crippen LogP contribution in [0.25, 0.3) is 0 Å². The molecule has 20 heavy (non-hydrogen) atoms. The van der Waals surface area contributed by atoms with Gasteiger partial charge in [-0.15, -0.1) is 0 Å². The molecule has 5 heteroatoms. The van der Waals surface area contributed by atoms with Crippen molar-refractivity contribution in [1.29, 1.82) is 0 Å². The van der Waals surface area contributed by atoms with Crippen molar-refractivity contribution < 1.29 is 4.39 Å². The van der Waals surface area contributed by atoms with E-state index in [4.69, 9.17) is 17.3 Å². The molecule has 1 aliphatic rings. The monoisotopic (exact) mass is 287 g/mol. The number of amidine groups is 1. The molecule has 0 amide bonds. The molecule has 3 rings (SSSR count). The van der Waals surface area contributed by atoms with Gasteiger partial charge < -0.3 is 5.73 Å². The van der Waals surface area contributed by atoms with Crippen LogP contribution in [0.3, 0.4) is 0 Å². The van der Waals surface area contributed by atoms with Crippen LogP contribution in [0, 0.1) is 5.82 Å². The highest BCUT2D eigenvalue weighted by Gasteiger charge is 2.17. The maximum atomic E-state index is 13.5. The Morgan fingerprint density at radius 2 is 1.90 bits per heavy atom. The smallest absolute Gasteiger partial charge is 0.124 e. The van der Waals surface area contributed by atoms with Crippen molar-refractivity contribution in [3.63, 3.8) is 0 Å². The van der Waals surface area contributed by atoms with Crippen molar-refractivity contribution in [3.05, 3.63) is 64.4 Å². The topological polar surface area (TPSA) is 50.7 Å². The summed E-state index contributed by atoms with van der Waals surface area (Å²) in [6.07, 6.45) is 0. The number of benzene rings is 2. The van der Waals surface area contributed by atoms with E-state index in [1.54, 1.807) is 12.1 Å². The van der Waals surface area contributed by atoms with Crippen LogP contribution >= 0.6 is 11.6 Å². The lowest BCUT2D eigenvalue weighted by Crippen LogP contribution is -2.14. The van der Waals surface area contributed by atoms with E-state index < -0.39 is 0 Å². The lowest BCUT2D eigenvalue weighted by Gasteiger charge is -2.10. The molecule has 1 heterocycles. The Morgan fingerprint density at radius 3 is 2.70 bits per heavy atom. The number of hydrogen-bond donors (Lipinski definition) is 1. The number of nitrogens with two attached hydrogens (primary N) is 1. The van der Waals surface area contributed by atoms with E-state index in [-0.39, 0.29) is 12.4 Å². The van der Waals surface area contributed by atoms with Crippen LogP contribution in [0.5, 0.6) is 0 Å². The predicted molar refractivity (Wildman–Crippen MR) is 79.6 cm³/mol. The summed E-state index contributed by atoms with van der Waals surface area (Å²) in [6.45, 7) is 0.261. The summed E-state index contributed by atoms with van der Waals surface area (Å²) in [6, 6.07) is 11.7. The molecule has 0 fully saturated rings. The first-order chi connectivity index (χ1) is 9.65. The molecule has 0 atom stereocenters. The van der Waals surface area contributed by atoms with Gasteiger partial charge in [0.15, 0.2) is 0 Å². The molecule has 100 valence electrons. The number of halogens is 2. The molecule has 0 spiro atoms. The molecule has 0 aromatic heterocycles. The third-order valence-electron chi connectivity index (χ3n) is 3.01. The van der Waals surface area contributed by atoms with Crippen molar-refractivity contribution in [2.75, 3.05) is 6.54 Å². The van der Waals surface area contributed by atoms with E-state index in [0.717, 1.165) is 5.56 Å². The summed E-state index contributed by atoms with van der Waals surface area (Å²) >= 11 is 6.21. The first-order valence-electron chi connectivity index (χ1n) is 6.07. The van der Waals surface area contributed by atoms with Crippen LogP contribution < -0.4 is 5.73 Å². The summed E-state index contributed by atoms with van der Waals surface area (Å²) in [7, 11) is 0. The first-order valence-corrected chi connectivity index (χ1v) is 6.45. The van der Waals surface area contributed by atoms with E-state index in [2.05, 4.69) is 9.98 Å². The molecule has 0 radical (unpaired) electrons. The fourth-order valence-electron chi connectivity index (χ4n) is 2.11. The number of aliphatic imine (C=N–C) groups is 2. The normalized spacial score (nSPS) is 14.1. The fraction of sp³-hybridized carbons (Fsp3) is 0.0667. The summed E-state index contributed by atoms with van der Waals surface area (Å²) in [5, 5.41) is 0.557. The summed E-state index contributed by atoms with van der Waals surface area (Å²) in [4.78, 5) is 8.68. The molecular weight excluding hydrogens is 277 g/mol. The van der Waals surface area contributed by atoms with Gasteiger partial charge >= 0.3 is 0 Å². The van der Waals surface area contributed by atoms with E-state index >= 15 is 0 Å². The summed E-state index contributed by atoms with van der Waals surface area (Å²) < 4.78 is 13.5. The Bertz CT molecular complexity index is 738. The summed E-state index contributed by atoms with van der Waals surface area (Å²) in [5.41, 5.74) is 8.32. The van der Waals surface area contributed by atoms with Gasteiger partial charge in [-0.3, -0.25) is 4.99 Å². The number of hydrogen-bond acceptors (Lipinski definition) is 3. The highest BCUT2D eigenvalue weighted by Crippen LogP contribution is 2.28. The molecular formula is C15H11ClFN3. The molecule has 2 aromatic rings. The zero-order valence-electron chi connectivity index (χ0n) is 10.5. The quantitative estimate of drug-likeness (QED) is 0.859. The minimum absolute atomic E-state index is 0.261. The molecule has 1 aliphatic heterocycles. The third kappa shape index (κ3) is 2.30. The summed E-state index contributed by atoms with van der Waals surface area (Å²) in [5.74, 6) is 0.0408. The van der Waals surface area contributed by atoms with E-state index in [1.165, 1.54) is 12.1 Å². The highest BCUT2D eigenvalue weighted by molar-refractivity contribution is 6.36. The largest absolute Gasteiger partial charge is 0.386 e. The third-order valence-corrected chi connectivity index (χ3v) is 3.34. The van der Waals surface area contributed by atoms with Gasteiger partial charge in [0.25, 0.3) is 0 Å². The SMILES string of the molecule is NC1=Nc2ccc(F)cc2C(c2ccccc2Cl)=NC1. The van der Waals surface area contributed by atoms with Crippen molar-refractivity contribution in [2.24, 2.45) is 15.7 Å². The number of fused-ring (bicyclic) bond motifs is 1. The van der Waals surface area contributed by atoms with Crippen molar-refractivity contribution in [1.82, 2.24) is 0 Å². The standard InChI is InChI=1S/C15H11ClFN3/c16-12-4-2-1-3-10(12)15-11-7-9(17)5-6-13(11)20-14(18)8-19-15/h1-7H,8H2,(H2,18,20). The van der Waals surface area contributed by atoms with Gasteiger partial charge in [-0.05, 0) is 24.3 Å². The van der Waals surface area contributed by atoms with Crippen LogP contribution in [0.15, 0.2) is 52.4 Å². The maximum Gasteiger partial charge on any atom is 0.124 e. The average Bonchev–Trinajstić information content (AvgIpc) is 2.58.